The van der Waals surface area contributed by atoms with Crippen LogP contribution in [-0.2, 0) is 0 Å². The summed E-state index contributed by atoms with van der Waals surface area (Å²) in [6.45, 7) is 4.13. The van der Waals surface area contributed by atoms with Crippen LogP contribution in [0.4, 0.5) is 17.5 Å². The van der Waals surface area contributed by atoms with Crippen LogP contribution in [0.5, 0.6) is 0 Å². The summed E-state index contributed by atoms with van der Waals surface area (Å²) in [6.07, 6.45) is 1.97. The van der Waals surface area contributed by atoms with Gasteiger partial charge in [-0.05, 0) is 13.2 Å². The van der Waals surface area contributed by atoms with Crippen LogP contribution < -0.4 is 16.6 Å². The maximum Gasteiger partial charge on any atom is 0.332 e. The number of nitrogens with two attached hydrogens (primary N) is 1. The minimum absolute atomic E-state index is 0.123. The number of nitrogens with zero attached hydrogens (tertiary/aromatic N) is 3. The first-order valence-electron chi connectivity index (χ1n) is 5.25. The minimum atomic E-state index is -0.498. The summed E-state index contributed by atoms with van der Waals surface area (Å²) >= 11 is 1.66. The maximum absolute atomic E-state index is 11.0. The van der Waals surface area contributed by atoms with Gasteiger partial charge in [0, 0.05) is 11.8 Å². The molecule has 1 aromatic rings. The van der Waals surface area contributed by atoms with Crippen LogP contribution in [0.25, 0.3) is 0 Å². The van der Waals surface area contributed by atoms with Gasteiger partial charge in [-0.3, -0.25) is 15.5 Å². The van der Waals surface area contributed by atoms with E-state index in [0.29, 0.717) is 11.8 Å². The van der Waals surface area contributed by atoms with Gasteiger partial charge in [0.25, 0.3) is 0 Å². The van der Waals surface area contributed by atoms with Gasteiger partial charge in [0.1, 0.15) is 5.69 Å². The summed E-state index contributed by atoms with van der Waals surface area (Å²) in [7, 11) is 0. The molecule has 0 aliphatic carbocycles. The molecule has 1 unspecified atom stereocenters. The zero-order valence-corrected chi connectivity index (χ0v) is 11.2. The van der Waals surface area contributed by atoms with Crippen LogP contribution in [0.15, 0.2) is 0 Å². The lowest BCUT2D eigenvalue weighted by molar-refractivity contribution is -0.385. The fourth-order valence-corrected chi connectivity index (χ4v) is 1.55. The van der Waals surface area contributed by atoms with Crippen LogP contribution >= 0.6 is 11.8 Å². The van der Waals surface area contributed by atoms with Crippen molar-refractivity contribution in [2.24, 2.45) is 5.84 Å². The highest BCUT2D eigenvalue weighted by Gasteiger charge is 2.22. The third-order valence-electron chi connectivity index (χ3n) is 2.33. The fraction of sp³-hybridized carbons (Fsp3) is 0.556. The molecule has 1 aromatic heterocycles. The van der Waals surface area contributed by atoms with E-state index in [4.69, 9.17) is 5.84 Å². The largest absolute Gasteiger partial charge is 0.363 e. The number of hydrazine groups is 1. The molecule has 0 aromatic carbocycles. The molecule has 0 radical (unpaired) electrons. The monoisotopic (exact) mass is 272 g/mol. The van der Waals surface area contributed by atoms with E-state index in [2.05, 4.69) is 20.7 Å². The van der Waals surface area contributed by atoms with Gasteiger partial charge in [-0.25, -0.2) is 10.8 Å². The first-order valence-corrected chi connectivity index (χ1v) is 6.54. The molecule has 0 amide bonds. The number of nitrogen functional groups attached to an aromatic ring is 1. The van der Waals surface area contributed by atoms with Crippen molar-refractivity contribution < 1.29 is 4.92 Å². The summed E-state index contributed by atoms with van der Waals surface area (Å²) < 4.78 is 0. The van der Waals surface area contributed by atoms with Gasteiger partial charge >= 0.3 is 5.69 Å². The Bertz CT molecular complexity index is 441. The molecule has 0 spiro atoms. The standard InChI is InChI=1S/C9H16N6O2S/c1-5(18-3)4-11-8-7(15(16)17)6(2)12-9(13-8)14-10/h5H,4,10H2,1-3H3,(H2,11,12,13,14). The molecule has 18 heavy (non-hydrogen) atoms. The van der Waals surface area contributed by atoms with Gasteiger partial charge in [0.05, 0.1) is 4.92 Å². The summed E-state index contributed by atoms with van der Waals surface area (Å²) in [5.74, 6) is 5.55. The van der Waals surface area contributed by atoms with Crippen LogP contribution in [0.2, 0.25) is 0 Å². The summed E-state index contributed by atoms with van der Waals surface area (Å²) in [5, 5.41) is 14.3. The van der Waals surface area contributed by atoms with E-state index in [1.165, 1.54) is 0 Å². The van der Waals surface area contributed by atoms with Gasteiger partial charge in [-0.2, -0.15) is 16.7 Å². The van der Waals surface area contributed by atoms with Crippen molar-refractivity contribution >= 4 is 29.2 Å². The Hall–Kier alpha value is -1.61. The van der Waals surface area contributed by atoms with E-state index in [1.807, 2.05) is 13.2 Å². The SMILES string of the molecule is CSC(C)CNc1nc(NN)nc(C)c1[N+](=O)[O-]. The van der Waals surface area contributed by atoms with Gasteiger partial charge < -0.3 is 5.32 Å². The Morgan fingerprint density at radius 3 is 2.72 bits per heavy atom. The van der Waals surface area contributed by atoms with Crippen molar-refractivity contribution in [3.63, 3.8) is 0 Å². The Morgan fingerprint density at radius 1 is 1.56 bits per heavy atom. The second-order valence-corrected chi connectivity index (χ2v) is 4.93. The number of aromatic nitrogens is 2. The van der Waals surface area contributed by atoms with Crippen LogP contribution in [0, 0.1) is 17.0 Å². The average molecular weight is 272 g/mol. The highest BCUT2D eigenvalue weighted by atomic mass is 32.2. The Balaban J connectivity index is 3.05. The van der Waals surface area contributed by atoms with Gasteiger partial charge in [0.15, 0.2) is 0 Å². The molecule has 4 N–H and O–H groups in total. The summed E-state index contributed by atoms with van der Waals surface area (Å²) in [4.78, 5) is 18.3. The molecular weight excluding hydrogens is 256 g/mol. The smallest absolute Gasteiger partial charge is 0.332 e. The fourth-order valence-electron chi connectivity index (χ4n) is 1.30. The van der Waals surface area contributed by atoms with E-state index in [-0.39, 0.29) is 23.1 Å². The van der Waals surface area contributed by atoms with E-state index in [0.717, 1.165) is 0 Å². The molecule has 0 aliphatic heterocycles. The highest BCUT2D eigenvalue weighted by Crippen LogP contribution is 2.26. The maximum atomic E-state index is 11.0. The van der Waals surface area contributed by atoms with Crippen molar-refractivity contribution in [3.8, 4) is 0 Å². The molecule has 0 saturated heterocycles. The van der Waals surface area contributed by atoms with Gasteiger partial charge in [-0.15, -0.1) is 0 Å². The van der Waals surface area contributed by atoms with Crippen molar-refractivity contribution in [2.75, 3.05) is 23.5 Å². The lowest BCUT2D eigenvalue weighted by Crippen LogP contribution is -2.18. The second-order valence-electron chi connectivity index (χ2n) is 3.66. The van der Waals surface area contributed by atoms with E-state index < -0.39 is 4.92 Å². The topological polar surface area (TPSA) is 119 Å². The molecule has 1 rings (SSSR count). The van der Waals surface area contributed by atoms with E-state index >= 15 is 0 Å². The Kier molecular flexibility index (Phi) is 5.10. The molecule has 8 nitrogen and oxygen atoms in total. The van der Waals surface area contributed by atoms with Crippen LogP contribution in [-0.4, -0.2) is 32.9 Å². The van der Waals surface area contributed by atoms with Crippen molar-refractivity contribution in [1.29, 1.82) is 0 Å². The zero-order chi connectivity index (χ0) is 13.7. The molecule has 1 atom stereocenters. The third kappa shape index (κ3) is 3.44. The summed E-state index contributed by atoms with van der Waals surface area (Å²) in [6, 6.07) is 0. The molecule has 9 heteroatoms. The minimum Gasteiger partial charge on any atom is -0.363 e. The van der Waals surface area contributed by atoms with Crippen molar-refractivity contribution in [2.45, 2.75) is 19.1 Å². The number of rotatable bonds is 6. The predicted molar refractivity (Wildman–Crippen MR) is 72.7 cm³/mol. The predicted octanol–water partition coefficient (Wildman–Crippen LogP) is 1.14. The number of aryl methyl sites for hydroxylation is 1. The average Bonchev–Trinajstić information content (AvgIpc) is 2.34. The molecule has 0 saturated carbocycles. The Labute approximate surface area is 109 Å². The number of nitro groups is 1. The molecule has 1 heterocycles. The quantitative estimate of drug-likeness (QED) is 0.400. The van der Waals surface area contributed by atoms with Gasteiger partial charge in [0.2, 0.25) is 11.8 Å². The molecule has 0 fully saturated rings. The number of nitrogens with one attached hydrogen (secondary N) is 2. The lowest BCUT2D eigenvalue weighted by Gasteiger charge is -2.12. The first kappa shape index (κ1) is 14.5. The van der Waals surface area contributed by atoms with E-state index in [1.54, 1.807) is 18.7 Å². The normalized spacial score (nSPS) is 12.0. The van der Waals surface area contributed by atoms with Crippen molar-refractivity contribution in [3.05, 3.63) is 15.8 Å². The number of hydrogen-bond acceptors (Lipinski definition) is 8. The van der Waals surface area contributed by atoms with Crippen LogP contribution in [0.1, 0.15) is 12.6 Å². The molecule has 0 bridgehead atoms. The first-order chi connectivity index (χ1) is 8.49. The Morgan fingerprint density at radius 2 is 2.22 bits per heavy atom. The second kappa shape index (κ2) is 6.36. The lowest BCUT2D eigenvalue weighted by atomic mass is 10.3. The zero-order valence-electron chi connectivity index (χ0n) is 10.4. The third-order valence-corrected chi connectivity index (χ3v) is 3.30. The molecular formula is C9H16N6O2S. The highest BCUT2D eigenvalue weighted by molar-refractivity contribution is 7.99. The number of anilines is 2. The van der Waals surface area contributed by atoms with Crippen LogP contribution in [0.3, 0.4) is 0 Å². The summed E-state index contributed by atoms with van der Waals surface area (Å²) in [5.41, 5.74) is 2.43. The molecule has 100 valence electrons. The number of thioether (sulfide) groups is 1. The number of hydrogen-bond donors (Lipinski definition) is 3. The van der Waals surface area contributed by atoms with Gasteiger partial charge in [-0.1, -0.05) is 6.92 Å². The van der Waals surface area contributed by atoms with Crippen molar-refractivity contribution in [1.82, 2.24) is 9.97 Å². The van der Waals surface area contributed by atoms with E-state index in [9.17, 15) is 10.1 Å². The molecule has 0 aliphatic rings.